The summed E-state index contributed by atoms with van der Waals surface area (Å²) in [5, 5.41) is 0. The lowest BCUT2D eigenvalue weighted by molar-refractivity contribution is -0.117. The molecule has 4 nitrogen and oxygen atoms in total. The van der Waals surface area contributed by atoms with Crippen molar-refractivity contribution in [2.24, 2.45) is 0 Å². The number of unbranched alkanes of at least 4 members (excludes halogenated alkanes) is 9. The lowest BCUT2D eigenvalue weighted by Gasteiger charge is -2.17. The number of rotatable bonds is 13. The Morgan fingerprint density at radius 2 is 1.50 bits per heavy atom. The highest BCUT2D eigenvalue weighted by molar-refractivity contribution is 5.96. The second kappa shape index (κ2) is 12.2. The van der Waals surface area contributed by atoms with Gasteiger partial charge in [-0.3, -0.25) is 4.79 Å². The van der Waals surface area contributed by atoms with Crippen LogP contribution in [0.1, 0.15) is 94.9 Å². The second-order valence-corrected chi connectivity index (χ2v) is 10.0. The number of benzene rings is 2. The Labute approximate surface area is 205 Å². The quantitative estimate of drug-likeness (QED) is 0.245. The van der Waals surface area contributed by atoms with Crippen molar-refractivity contribution in [2.45, 2.75) is 96.9 Å². The largest absolute Gasteiger partial charge is 0.328 e. The fraction of sp³-hybridized carbons (Fsp3) is 0.533. The van der Waals surface area contributed by atoms with Gasteiger partial charge in [0.2, 0.25) is 5.91 Å². The summed E-state index contributed by atoms with van der Waals surface area (Å²) in [6.07, 6.45) is 13.9. The van der Waals surface area contributed by atoms with E-state index in [4.69, 9.17) is 4.98 Å². The minimum absolute atomic E-state index is 0.143. The fourth-order valence-electron chi connectivity index (χ4n) is 5.25. The molecule has 1 aliphatic heterocycles. The summed E-state index contributed by atoms with van der Waals surface area (Å²) in [5.41, 5.74) is 4.46. The molecule has 0 saturated carbocycles. The highest BCUT2D eigenvalue weighted by atomic mass is 16.2. The van der Waals surface area contributed by atoms with Crippen LogP contribution < -0.4 is 4.90 Å². The van der Waals surface area contributed by atoms with Crippen molar-refractivity contribution in [3.8, 4) is 0 Å². The lowest BCUT2D eigenvalue weighted by atomic mass is 10.1. The molecule has 1 saturated heterocycles. The molecule has 1 amide bonds. The van der Waals surface area contributed by atoms with Gasteiger partial charge in [0.1, 0.15) is 5.82 Å². The molecule has 0 unspecified atom stereocenters. The molecule has 2 aromatic carbocycles. The van der Waals surface area contributed by atoms with Gasteiger partial charge in [-0.2, -0.15) is 0 Å². The van der Waals surface area contributed by atoms with Crippen LogP contribution in [0.2, 0.25) is 0 Å². The molecule has 0 bridgehead atoms. The van der Waals surface area contributed by atoms with Gasteiger partial charge in [0, 0.05) is 31.1 Å². The first kappa shape index (κ1) is 24.5. The van der Waals surface area contributed by atoms with E-state index in [1.807, 2.05) is 4.90 Å². The van der Waals surface area contributed by atoms with Crippen LogP contribution in [0.15, 0.2) is 48.5 Å². The summed E-state index contributed by atoms with van der Waals surface area (Å²) < 4.78 is 2.40. The summed E-state index contributed by atoms with van der Waals surface area (Å²) in [4.78, 5) is 19.9. The third kappa shape index (κ3) is 6.08. The van der Waals surface area contributed by atoms with Crippen molar-refractivity contribution in [3.63, 3.8) is 0 Å². The van der Waals surface area contributed by atoms with Crippen molar-refractivity contribution in [3.05, 3.63) is 59.9 Å². The van der Waals surface area contributed by atoms with Crippen LogP contribution in [0.4, 0.5) is 5.69 Å². The van der Waals surface area contributed by atoms with Gasteiger partial charge in [-0.05, 0) is 37.6 Å². The molecule has 4 rings (SSSR count). The molecule has 0 aliphatic carbocycles. The van der Waals surface area contributed by atoms with Crippen LogP contribution in [0.25, 0.3) is 11.0 Å². The van der Waals surface area contributed by atoms with E-state index in [9.17, 15) is 4.79 Å². The van der Waals surface area contributed by atoms with Crippen LogP contribution in [-0.2, 0) is 11.3 Å². The fourth-order valence-corrected chi connectivity index (χ4v) is 5.25. The highest BCUT2D eigenvalue weighted by Crippen LogP contribution is 2.33. The van der Waals surface area contributed by atoms with Gasteiger partial charge in [0.25, 0.3) is 0 Å². The van der Waals surface area contributed by atoms with E-state index < -0.39 is 0 Å². The molecule has 1 atom stereocenters. The zero-order chi connectivity index (χ0) is 23.8. The van der Waals surface area contributed by atoms with E-state index in [1.165, 1.54) is 75.3 Å². The van der Waals surface area contributed by atoms with Gasteiger partial charge < -0.3 is 9.47 Å². The smallest absolute Gasteiger partial charge is 0.227 e. The second-order valence-electron chi connectivity index (χ2n) is 10.0. The number of carbonyl (C=O) groups excluding carboxylic acids is 1. The van der Waals surface area contributed by atoms with E-state index in [0.29, 0.717) is 13.0 Å². The molecule has 34 heavy (non-hydrogen) atoms. The number of amides is 1. The number of aromatic nitrogens is 2. The average molecular weight is 460 g/mol. The first-order chi connectivity index (χ1) is 16.7. The predicted molar refractivity (Wildman–Crippen MR) is 142 cm³/mol. The monoisotopic (exact) mass is 459 g/mol. The number of aryl methyl sites for hydroxylation is 2. The highest BCUT2D eigenvalue weighted by Gasteiger charge is 2.34. The number of hydrogen-bond donors (Lipinski definition) is 0. The lowest BCUT2D eigenvalue weighted by Crippen LogP contribution is -2.24. The standard InChI is InChI=1S/C30H41N3O/c1-3-4-5-6-7-8-9-10-11-14-21-32-28-16-13-12-15-27(28)31-30(32)25-22-29(34)33(23-25)26-19-17-24(2)18-20-26/h12-13,15-20,25H,3-11,14,21-23H2,1-2H3/t25-/m1/s1. The Hall–Kier alpha value is -2.62. The number of para-hydroxylation sites is 2. The third-order valence-corrected chi connectivity index (χ3v) is 7.26. The molecule has 1 fully saturated rings. The first-order valence-corrected chi connectivity index (χ1v) is 13.5. The SMILES string of the molecule is CCCCCCCCCCCCn1c([C@@H]2CC(=O)N(c3ccc(C)cc3)C2)nc2ccccc21. The molecule has 0 N–H and O–H groups in total. The number of anilines is 1. The van der Waals surface area contributed by atoms with Crippen LogP contribution in [0.3, 0.4) is 0 Å². The Morgan fingerprint density at radius 3 is 2.21 bits per heavy atom. The molecule has 1 aromatic heterocycles. The Morgan fingerprint density at radius 1 is 0.853 bits per heavy atom. The Balaban J connectivity index is 1.36. The summed E-state index contributed by atoms with van der Waals surface area (Å²) in [5.74, 6) is 1.43. The first-order valence-electron chi connectivity index (χ1n) is 13.5. The van der Waals surface area contributed by atoms with Crippen molar-refractivity contribution >= 4 is 22.6 Å². The van der Waals surface area contributed by atoms with Gasteiger partial charge in [-0.25, -0.2) is 4.98 Å². The van der Waals surface area contributed by atoms with Crippen molar-refractivity contribution < 1.29 is 4.79 Å². The van der Waals surface area contributed by atoms with E-state index in [0.717, 1.165) is 23.6 Å². The molecular formula is C30H41N3O. The van der Waals surface area contributed by atoms with Crippen LogP contribution in [-0.4, -0.2) is 22.0 Å². The Bertz CT molecular complexity index is 1050. The summed E-state index contributed by atoms with van der Waals surface area (Å²) >= 11 is 0. The van der Waals surface area contributed by atoms with Crippen LogP contribution in [0.5, 0.6) is 0 Å². The molecule has 3 aromatic rings. The molecule has 4 heteroatoms. The Kier molecular flexibility index (Phi) is 8.79. The van der Waals surface area contributed by atoms with Gasteiger partial charge in [-0.15, -0.1) is 0 Å². The molecule has 0 spiro atoms. The maximum atomic E-state index is 12.9. The predicted octanol–water partition coefficient (Wildman–Crippen LogP) is 7.79. The minimum Gasteiger partial charge on any atom is -0.328 e. The molecule has 2 heterocycles. The minimum atomic E-state index is 0.143. The van der Waals surface area contributed by atoms with Gasteiger partial charge in [0.15, 0.2) is 0 Å². The summed E-state index contributed by atoms with van der Waals surface area (Å²) in [6.45, 7) is 6.05. The molecule has 182 valence electrons. The zero-order valence-corrected chi connectivity index (χ0v) is 21.1. The number of nitrogens with zero attached hydrogens (tertiary/aromatic N) is 3. The van der Waals surface area contributed by atoms with E-state index in [1.54, 1.807) is 0 Å². The van der Waals surface area contributed by atoms with Crippen molar-refractivity contribution in [1.82, 2.24) is 9.55 Å². The van der Waals surface area contributed by atoms with Gasteiger partial charge in [0.05, 0.1) is 11.0 Å². The molecule has 0 radical (unpaired) electrons. The summed E-state index contributed by atoms with van der Waals surface area (Å²) in [6, 6.07) is 16.7. The third-order valence-electron chi connectivity index (χ3n) is 7.26. The van der Waals surface area contributed by atoms with Crippen molar-refractivity contribution in [2.75, 3.05) is 11.4 Å². The number of fused-ring (bicyclic) bond motifs is 1. The van der Waals surface area contributed by atoms with Gasteiger partial charge in [-0.1, -0.05) is 94.5 Å². The molecular weight excluding hydrogens is 418 g/mol. The number of hydrogen-bond acceptors (Lipinski definition) is 2. The number of imidazole rings is 1. The van der Waals surface area contributed by atoms with Crippen LogP contribution >= 0.6 is 0 Å². The maximum absolute atomic E-state index is 12.9. The van der Waals surface area contributed by atoms with E-state index in [-0.39, 0.29) is 11.8 Å². The summed E-state index contributed by atoms with van der Waals surface area (Å²) in [7, 11) is 0. The maximum Gasteiger partial charge on any atom is 0.227 e. The van der Waals surface area contributed by atoms with E-state index in [2.05, 4.69) is 66.9 Å². The topological polar surface area (TPSA) is 38.1 Å². The average Bonchev–Trinajstić information content (AvgIpc) is 3.41. The molecule has 1 aliphatic rings. The normalized spacial score (nSPS) is 16.1. The number of carbonyl (C=O) groups is 1. The van der Waals surface area contributed by atoms with Gasteiger partial charge >= 0.3 is 0 Å². The zero-order valence-electron chi connectivity index (χ0n) is 21.1. The van der Waals surface area contributed by atoms with Crippen LogP contribution in [0, 0.1) is 6.92 Å². The van der Waals surface area contributed by atoms with E-state index >= 15 is 0 Å². The van der Waals surface area contributed by atoms with Crippen molar-refractivity contribution in [1.29, 1.82) is 0 Å².